The fourth-order valence-electron chi connectivity index (χ4n) is 1.07. The molecule has 1 aromatic carbocycles. The van der Waals surface area contributed by atoms with Crippen LogP contribution in [-0.2, 0) is 4.74 Å². The molecule has 0 aliphatic carbocycles. The van der Waals surface area contributed by atoms with Crippen molar-refractivity contribution >= 4 is 0 Å². The van der Waals surface area contributed by atoms with E-state index in [4.69, 9.17) is 9.84 Å². The third-order valence-electron chi connectivity index (χ3n) is 1.67. The Morgan fingerprint density at radius 3 is 2.83 bits per heavy atom. The van der Waals surface area contributed by atoms with Crippen molar-refractivity contribution in [1.82, 2.24) is 0 Å². The highest BCUT2D eigenvalue weighted by Crippen LogP contribution is 2.20. The number of benzene rings is 1. The average molecular weight is 164 g/mol. The largest absolute Gasteiger partial charge is 0.508 e. The molecule has 0 aliphatic rings. The van der Waals surface area contributed by atoms with Gasteiger partial charge in [-0.15, -0.1) is 6.58 Å². The molecular formula is C10H12O2. The first-order valence-electron chi connectivity index (χ1n) is 3.72. The summed E-state index contributed by atoms with van der Waals surface area (Å²) >= 11 is 0. The molecule has 0 aromatic heterocycles. The highest BCUT2D eigenvalue weighted by atomic mass is 16.5. The van der Waals surface area contributed by atoms with Crippen molar-refractivity contribution in [2.45, 2.75) is 6.10 Å². The molecule has 0 aliphatic heterocycles. The summed E-state index contributed by atoms with van der Waals surface area (Å²) in [6.07, 6.45) is 1.55. The normalized spacial score (nSPS) is 12.4. The number of phenolic OH excluding ortho intramolecular Hbond substituents is 1. The van der Waals surface area contributed by atoms with Crippen LogP contribution in [0.5, 0.6) is 5.75 Å². The zero-order valence-electron chi connectivity index (χ0n) is 7.03. The first-order valence-corrected chi connectivity index (χ1v) is 3.72. The standard InChI is InChI=1S/C10H12O2/c1-3-10(12-2)8-5-4-6-9(11)7-8/h3-7,10-11H,1H2,2H3. The molecule has 0 heterocycles. The highest BCUT2D eigenvalue weighted by Gasteiger charge is 2.04. The van der Waals surface area contributed by atoms with E-state index in [1.54, 1.807) is 31.4 Å². The van der Waals surface area contributed by atoms with Crippen LogP contribution in [0.25, 0.3) is 0 Å². The molecule has 2 heteroatoms. The zero-order valence-corrected chi connectivity index (χ0v) is 7.03. The second kappa shape index (κ2) is 3.93. The van der Waals surface area contributed by atoms with E-state index in [0.29, 0.717) is 0 Å². The summed E-state index contributed by atoms with van der Waals surface area (Å²) in [4.78, 5) is 0. The predicted molar refractivity (Wildman–Crippen MR) is 48.1 cm³/mol. The van der Waals surface area contributed by atoms with E-state index in [0.717, 1.165) is 5.56 Å². The van der Waals surface area contributed by atoms with Crippen LogP contribution in [0, 0.1) is 0 Å². The van der Waals surface area contributed by atoms with E-state index in [-0.39, 0.29) is 11.9 Å². The van der Waals surface area contributed by atoms with Crippen molar-refractivity contribution in [2.24, 2.45) is 0 Å². The summed E-state index contributed by atoms with van der Waals surface area (Å²) in [5.41, 5.74) is 0.910. The van der Waals surface area contributed by atoms with Gasteiger partial charge < -0.3 is 9.84 Å². The molecule has 1 aromatic rings. The van der Waals surface area contributed by atoms with Crippen molar-refractivity contribution in [2.75, 3.05) is 7.11 Å². The summed E-state index contributed by atoms with van der Waals surface area (Å²) in [5.74, 6) is 0.247. The van der Waals surface area contributed by atoms with E-state index in [1.807, 2.05) is 6.07 Å². The Bertz CT molecular complexity index is 268. The molecule has 1 unspecified atom stereocenters. The SMILES string of the molecule is C=CC(OC)c1cccc(O)c1. The minimum absolute atomic E-state index is 0.142. The van der Waals surface area contributed by atoms with Gasteiger partial charge in [0, 0.05) is 7.11 Å². The van der Waals surface area contributed by atoms with Crippen LogP contribution >= 0.6 is 0 Å². The molecule has 64 valence electrons. The van der Waals surface area contributed by atoms with Gasteiger partial charge in [0.05, 0.1) is 0 Å². The van der Waals surface area contributed by atoms with Crippen molar-refractivity contribution in [1.29, 1.82) is 0 Å². The highest BCUT2D eigenvalue weighted by molar-refractivity contribution is 5.30. The third-order valence-corrected chi connectivity index (χ3v) is 1.67. The van der Waals surface area contributed by atoms with Crippen LogP contribution in [0.15, 0.2) is 36.9 Å². The van der Waals surface area contributed by atoms with E-state index in [9.17, 15) is 0 Å². The number of aromatic hydroxyl groups is 1. The quantitative estimate of drug-likeness (QED) is 0.694. The minimum Gasteiger partial charge on any atom is -0.508 e. The molecular weight excluding hydrogens is 152 g/mol. The number of phenols is 1. The minimum atomic E-state index is -0.142. The van der Waals surface area contributed by atoms with Crippen LogP contribution in [0.4, 0.5) is 0 Å². The molecule has 0 saturated carbocycles. The van der Waals surface area contributed by atoms with Gasteiger partial charge in [-0.3, -0.25) is 0 Å². The third kappa shape index (κ3) is 1.86. The lowest BCUT2D eigenvalue weighted by Gasteiger charge is -2.10. The molecule has 0 fully saturated rings. The average Bonchev–Trinajstić information content (AvgIpc) is 2.07. The second-order valence-corrected chi connectivity index (χ2v) is 2.49. The summed E-state index contributed by atoms with van der Waals surface area (Å²) < 4.78 is 5.11. The Labute approximate surface area is 72.1 Å². The van der Waals surface area contributed by atoms with E-state index in [2.05, 4.69) is 6.58 Å². The Kier molecular flexibility index (Phi) is 2.88. The summed E-state index contributed by atoms with van der Waals surface area (Å²) in [5, 5.41) is 9.16. The Balaban J connectivity index is 2.93. The fraction of sp³-hybridized carbons (Fsp3) is 0.200. The van der Waals surface area contributed by atoms with Gasteiger partial charge in [-0.25, -0.2) is 0 Å². The molecule has 0 radical (unpaired) electrons. The zero-order chi connectivity index (χ0) is 8.97. The van der Waals surface area contributed by atoms with Gasteiger partial charge in [0.2, 0.25) is 0 Å². The molecule has 1 N–H and O–H groups in total. The maximum Gasteiger partial charge on any atom is 0.115 e. The predicted octanol–water partition coefficient (Wildman–Crippen LogP) is 2.27. The summed E-state index contributed by atoms with van der Waals surface area (Å²) in [6, 6.07) is 6.95. The smallest absolute Gasteiger partial charge is 0.115 e. The number of methoxy groups -OCH3 is 1. The molecule has 0 amide bonds. The number of rotatable bonds is 3. The van der Waals surface area contributed by atoms with Gasteiger partial charge in [-0.1, -0.05) is 18.2 Å². The summed E-state index contributed by atoms with van der Waals surface area (Å²) in [7, 11) is 1.61. The van der Waals surface area contributed by atoms with Gasteiger partial charge in [-0.2, -0.15) is 0 Å². The molecule has 1 rings (SSSR count). The van der Waals surface area contributed by atoms with Gasteiger partial charge >= 0.3 is 0 Å². The maximum atomic E-state index is 9.16. The van der Waals surface area contributed by atoms with Gasteiger partial charge in [0.1, 0.15) is 11.9 Å². The van der Waals surface area contributed by atoms with Crippen LogP contribution in [0.3, 0.4) is 0 Å². The van der Waals surface area contributed by atoms with Crippen LogP contribution < -0.4 is 0 Å². The number of hydrogen-bond donors (Lipinski definition) is 1. The van der Waals surface area contributed by atoms with Gasteiger partial charge in [-0.05, 0) is 17.7 Å². The van der Waals surface area contributed by atoms with Crippen molar-refractivity contribution in [3.8, 4) is 5.75 Å². The molecule has 0 spiro atoms. The monoisotopic (exact) mass is 164 g/mol. The lowest BCUT2D eigenvalue weighted by molar-refractivity contribution is 0.143. The second-order valence-electron chi connectivity index (χ2n) is 2.49. The molecule has 2 nitrogen and oxygen atoms in total. The molecule has 1 atom stereocenters. The number of hydrogen-bond acceptors (Lipinski definition) is 2. The Morgan fingerprint density at radius 1 is 1.58 bits per heavy atom. The first kappa shape index (κ1) is 8.81. The molecule has 0 bridgehead atoms. The molecule has 12 heavy (non-hydrogen) atoms. The van der Waals surface area contributed by atoms with E-state index in [1.165, 1.54) is 0 Å². The van der Waals surface area contributed by atoms with Crippen molar-refractivity contribution in [3.63, 3.8) is 0 Å². The van der Waals surface area contributed by atoms with Crippen LogP contribution in [0.1, 0.15) is 11.7 Å². The van der Waals surface area contributed by atoms with Crippen LogP contribution in [-0.4, -0.2) is 12.2 Å². The van der Waals surface area contributed by atoms with Gasteiger partial charge in [0.15, 0.2) is 0 Å². The maximum absolute atomic E-state index is 9.16. The van der Waals surface area contributed by atoms with Crippen molar-refractivity contribution < 1.29 is 9.84 Å². The van der Waals surface area contributed by atoms with Crippen molar-refractivity contribution in [3.05, 3.63) is 42.5 Å². The molecule has 0 saturated heterocycles. The number of ether oxygens (including phenoxy) is 1. The van der Waals surface area contributed by atoms with E-state index >= 15 is 0 Å². The topological polar surface area (TPSA) is 29.5 Å². The Hall–Kier alpha value is -1.28. The summed E-state index contributed by atoms with van der Waals surface area (Å²) in [6.45, 7) is 3.63. The Morgan fingerprint density at radius 2 is 2.33 bits per heavy atom. The lowest BCUT2D eigenvalue weighted by Crippen LogP contribution is -1.96. The lowest BCUT2D eigenvalue weighted by atomic mass is 10.1. The van der Waals surface area contributed by atoms with Gasteiger partial charge in [0.25, 0.3) is 0 Å². The fourth-order valence-corrected chi connectivity index (χ4v) is 1.07. The van der Waals surface area contributed by atoms with E-state index < -0.39 is 0 Å². The van der Waals surface area contributed by atoms with Crippen LogP contribution in [0.2, 0.25) is 0 Å². The first-order chi connectivity index (χ1) is 5.77.